The van der Waals surface area contributed by atoms with Gasteiger partial charge in [0.15, 0.2) is 0 Å². The summed E-state index contributed by atoms with van der Waals surface area (Å²) in [6.07, 6.45) is 4.17. The number of aliphatic carboxylic acids is 1. The Bertz CT molecular complexity index is 347. The number of piperidine rings is 1. The minimum absolute atomic E-state index is 0.251. The number of unbranched alkanes of at least 4 members (excludes halogenated alkanes) is 1. The number of amides is 2. The number of hydrogen-bond donors (Lipinski definition) is 2. The van der Waals surface area contributed by atoms with Crippen molar-refractivity contribution in [3.8, 4) is 0 Å². The maximum absolute atomic E-state index is 12.2. The van der Waals surface area contributed by atoms with E-state index < -0.39 is 11.5 Å². The third kappa shape index (κ3) is 4.37. The Kier molecular flexibility index (Phi) is 6.26. The number of nitrogens with one attached hydrogen (secondary N) is 1. The number of rotatable bonds is 6. The topological polar surface area (TPSA) is 72.9 Å². The number of carboxylic acids is 1. The summed E-state index contributed by atoms with van der Waals surface area (Å²) in [5.74, 6) is -0.917. The van der Waals surface area contributed by atoms with Crippen LogP contribution in [0.5, 0.6) is 0 Å². The fraction of sp³-hybridized carbons (Fsp3) is 0.857. The van der Waals surface area contributed by atoms with Gasteiger partial charge < -0.3 is 20.2 Å². The first kappa shape index (κ1) is 16.8. The zero-order valence-electron chi connectivity index (χ0n) is 12.8. The Morgan fingerprint density at radius 3 is 2.60 bits per heavy atom. The summed E-state index contributed by atoms with van der Waals surface area (Å²) in [4.78, 5) is 27.2. The highest BCUT2D eigenvalue weighted by molar-refractivity contribution is 5.86. The van der Waals surface area contributed by atoms with E-state index in [0.717, 1.165) is 32.2 Å². The van der Waals surface area contributed by atoms with Crippen molar-refractivity contribution in [3.63, 3.8) is 0 Å². The molecule has 1 heterocycles. The molecule has 116 valence electrons. The molecule has 1 rings (SSSR count). The molecule has 0 radical (unpaired) electrons. The van der Waals surface area contributed by atoms with Crippen LogP contribution >= 0.6 is 0 Å². The van der Waals surface area contributed by atoms with Gasteiger partial charge in [-0.05, 0) is 59.7 Å². The molecule has 6 nitrogen and oxygen atoms in total. The number of carboxylic acid groups (broad SMARTS) is 1. The highest BCUT2D eigenvalue weighted by Gasteiger charge is 2.43. The molecule has 1 aliphatic rings. The Hall–Kier alpha value is -1.30. The van der Waals surface area contributed by atoms with E-state index in [-0.39, 0.29) is 6.03 Å². The maximum Gasteiger partial charge on any atom is 0.329 e. The van der Waals surface area contributed by atoms with Crippen LogP contribution in [0.2, 0.25) is 0 Å². The number of likely N-dealkylation sites (tertiary alicyclic amines) is 1. The number of hydrogen-bond acceptors (Lipinski definition) is 3. The van der Waals surface area contributed by atoms with Crippen LogP contribution in [0.25, 0.3) is 0 Å². The summed E-state index contributed by atoms with van der Waals surface area (Å²) >= 11 is 0. The van der Waals surface area contributed by atoms with Crippen LogP contribution in [0, 0.1) is 0 Å². The van der Waals surface area contributed by atoms with Crippen molar-refractivity contribution in [3.05, 3.63) is 0 Å². The average molecular weight is 285 g/mol. The van der Waals surface area contributed by atoms with Crippen molar-refractivity contribution in [1.82, 2.24) is 15.1 Å². The van der Waals surface area contributed by atoms with E-state index in [1.165, 1.54) is 4.90 Å². The van der Waals surface area contributed by atoms with Crippen molar-refractivity contribution in [2.24, 2.45) is 0 Å². The van der Waals surface area contributed by atoms with E-state index in [9.17, 15) is 14.7 Å². The van der Waals surface area contributed by atoms with Crippen molar-refractivity contribution in [2.75, 3.05) is 33.7 Å². The molecule has 0 bridgehead atoms. The molecule has 0 aromatic carbocycles. The Balaban J connectivity index is 2.42. The Morgan fingerprint density at radius 1 is 1.30 bits per heavy atom. The van der Waals surface area contributed by atoms with E-state index >= 15 is 0 Å². The van der Waals surface area contributed by atoms with Crippen LogP contribution in [0.3, 0.4) is 0 Å². The van der Waals surface area contributed by atoms with Crippen LogP contribution in [0.4, 0.5) is 4.79 Å². The monoisotopic (exact) mass is 285 g/mol. The lowest BCUT2D eigenvalue weighted by molar-refractivity contribution is -0.150. The van der Waals surface area contributed by atoms with E-state index in [4.69, 9.17) is 0 Å². The maximum atomic E-state index is 12.2. The molecule has 1 unspecified atom stereocenters. The van der Waals surface area contributed by atoms with Crippen molar-refractivity contribution in [1.29, 1.82) is 0 Å². The van der Waals surface area contributed by atoms with Gasteiger partial charge in [-0.1, -0.05) is 0 Å². The molecule has 6 heteroatoms. The van der Waals surface area contributed by atoms with Gasteiger partial charge in [-0.2, -0.15) is 0 Å². The first-order chi connectivity index (χ1) is 9.38. The molecule has 0 aromatic heterocycles. The Labute approximate surface area is 121 Å². The quantitative estimate of drug-likeness (QED) is 0.723. The SMILES string of the molecule is CN(C)CCCCNC(=O)N1CCCCC1(C)C(=O)O. The largest absolute Gasteiger partial charge is 0.480 e. The fourth-order valence-electron chi connectivity index (χ4n) is 2.51. The van der Waals surface area contributed by atoms with Crippen LogP contribution in [-0.4, -0.2) is 66.2 Å². The summed E-state index contributed by atoms with van der Waals surface area (Å²) in [6.45, 7) is 3.75. The second-order valence-corrected chi connectivity index (χ2v) is 5.93. The van der Waals surface area contributed by atoms with Crippen LogP contribution < -0.4 is 5.32 Å². The van der Waals surface area contributed by atoms with Crippen LogP contribution in [0.15, 0.2) is 0 Å². The van der Waals surface area contributed by atoms with Gasteiger partial charge in [-0.3, -0.25) is 0 Å². The summed E-state index contributed by atoms with van der Waals surface area (Å²) in [7, 11) is 4.04. The molecule has 0 saturated carbocycles. The first-order valence-electron chi connectivity index (χ1n) is 7.31. The molecule has 1 aliphatic heterocycles. The first-order valence-corrected chi connectivity index (χ1v) is 7.31. The summed E-state index contributed by atoms with van der Waals surface area (Å²) in [5, 5.41) is 12.2. The average Bonchev–Trinajstić information content (AvgIpc) is 2.38. The van der Waals surface area contributed by atoms with E-state index in [2.05, 4.69) is 10.2 Å². The van der Waals surface area contributed by atoms with Gasteiger partial charge in [-0.15, -0.1) is 0 Å². The second-order valence-electron chi connectivity index (χ2n) is 5.93. The standard InChI is InChI=1S/C14H27N3O3/c1-14(12(18)19)8-4-6-11-17(14)13(20)15-9-5-7-10-16(2)3/h4-11H2,1-3H3,(H,15,20)(H,18,19). The fourth-order valence-corrected chi connectivity index (χ4v) is 2.51. The van der Waals surface area contributed by atoms with Crippen molar-refractivity contribution in [2.45, 2.75) is 44.6 Å². The van der Waals surface area contributed by atoms with E-state index in [1.54, 1.807) is 6.92 Å². The lowest BCUT2D eigenvalue weighted by Gasteiger charge is -2.41. The van der Waals surface area contributed by atoms with Gasteiger partial charge in [0.25, 0.3) is 0 Å². The van der Waals surface area contributed by atoms with Gasteiger partial charge in [0.05, 0.1) is 0 Å². The van der Waals surface area contributed by atoms with Gasteiger partial charge >= 0.3 is 12.0 Å². The van der Waals surface area contributed by atoms with Gasteiger partial charge in [0.2, 0.25) is 0 Å². The summed E-state index contributed by atoms with van der Waals surface area (Å²) in [6, 6.07) is -0.251. The number of carbonyl (C=O) groups is 2. The molecule has 1 fully saturated rings. The van der Waals surface area contributed by atoms with E-state index in [1.807, 2.05) is 14.1 Å². The number of nitrogens with zero attached hydrogens (tertiary/aromatic N) is 2. The number of urea groups is 1. The summed E-state index contributed by atoms with van der Waals surface area (Å²) < 4.78 is 0. The third-order valence-corrected chi connectivity index (χ3v) is 3.91. The van der Waals surface area contributed by atoms with Gasteiger partial charge in [-0.25, -0.2) is 9.59 Å². The highest BCUT2D eigenvalue weighted by Crippen LogP contribution is 2.28. The van der Waals surface area contributed by atoms with Crippen molar-refractivity contribution < 1.29 is 14.7 Å². The van der Waals surface area contributed by atoms with Crippen LogP contribution in [0.1, 0.15) is 39.0 Å². The predicted octanol–water partition coefficient (Wildman–Crippen LogP) is 1.37. The minimum Gasteiger partial charge on any atom is -0.480 e. The van der Waals surface area contributed by atoms with Crippen molar-refractivity contribution >= 4 is 12.0 Å². The molecule has 1 saturated heterocycles. The lowest BCUT2D eigenvalue weighted by Crippen LogP contribution is -2.60. The summed E-state index contributed by atoms with van der Waals surface area (Å²) in [5.41, 5.74) is -1.06. The van der Waals surface area contributed by atoms with Gasteiger partial charge in [0, 0.05) is 13.1 Å². The zero-order valence-corrected chi connectivity index (χ0v) is 12.8. The zero-order chi connectivity index (χ0) is 15.2. The molecule has 0 aliphatic carbocycles. The molecule has 20 heavy (non-hydrogen) atoms. The van der Waals surface area contributed by atoms with Crippen LogP contribution in [-0.2, 0) is 4.79 Å². The molecule has 1 atom stereocenters. The molecular formula is C14H27N3O3. The third-order valence-electron chi connectivity index (χ3n) is 3.91. The smallest absolute Gasteiger partial charge is 0.329 e. The van der Waals surface area contributed by atoms with E-state index in [0.29, 0.717) is 19.5 Å². The van der Waals surface area contributed by atoms with Gasteiger partial charge in [0.1, 0.15) is 5.54 Å². The molecule has 2 amide bonds. The minimum atomic E-state index is -1.06. The predicted molar refractivity (Wildman–Crippen MR) is 77.8 cm³/mol. The molecule has 2 N–H and O–H groups in total. The Morgan fingerprint density at radius 2 is 2.00 bits per heavy atom. The second kappa shape index (κ2) is 7.47. The molecular weight excluding hydrogens is 258 g/mol. The number of carbonyl (C=O) groups excluding carboxylic acids is 1. The molecule has 0 aromatic rings. The highest BCUT2D eigenvalue weighted by atomic mass is 16.4. The lowest BCUT2D eigenvalue weighted by atomic mass is 9.89. The molecule has 0 spiro atoms. The normalized spacial score (nSPS) is 22.9.